The molecule has 0 fully saturated rings. The highest BCUT2D eigenvalue weighted by molar-refractivity contribution is 7.98. The highest BCUT2D eigenvalue weighted by Gasteiger charge is 2.22. The topological polar surface area (TPSA) is 40.5 Å². The Morgan fingerprint density at radius 3 is 2.36 bits per heavy atom. The van der Waals surface area contributed by atoms with E-state index in [-0.39, 0.29) is 6.42 Å². The van der Waals surface area contributed by atoms with Gasteiger partial charge in [0, 0.05) is 12.2 Å². The highest BCUT2D eigenvalue weighted by Crippen LogP contribution is 2.20. The van der Waals surface area contributed by atoms with Crippen molar-refractivity contribution in [1.29, 1.82) is 0 Å². The minimum absolute atomic E-state index is 0.288. The van der Waals surface area contributed by atoms with Gasteiger partial charge in [0.2, 0.25) is 0 Å². The third-order valence-electron chi connectivity index (χ3n) is 1.82. The second kappa shape index (κ2) is 6.47. The van der Waals surface area contributed by atoms with Crippen molar-refractivity contribution in [2.75, 3.05) is 12.3 Å². The number of hydrogen-bond acceptors (Lipinski definition) is 3. The Hall–Kier alpha value is -0.00312. The average Bonchev–Trinajstić information content (AvgIpc) is 2.01. The van der Waals surface area contributed by atoms with Gasteiger partial charge in [-0.15, -0.1) is 0 Å². The van der Waals surface area contributed by atoms with Crippen LogP contribution in [-0.2, 0) is 4.79 Å². The summed E-state index contributed by atoms with van der Waals surface area (Å²) in [7, 11) is -1.21. The van der Waals surface area contributed by atoms with Crippen molar-refractivity contribution in [3.05, 3.63) is 0 Å². The summed E-state index contributed by atoms with van der Waals surface area (Å²) in [6, 6.07) is 0. The van der Waals surface area contributed by atoms with Crippen LogP contribution < -0.4 is 0 Å². The quantitative estimate of drug-likeness (QED) is 0.418. The standard InChI is InChI=1S/C9H21NO2SSi/c1-5-10(14(2,3)4)13-8-6-7-9(11)12/h5-8H2,1-4H3,(H,11,12). The molecule has 0 aliphatic carbocycles. The summed E-state index contributed by atoms with van der Waals surface area (Å²) in [5.74, 6) is 0.228. The van der Waals surface area contributed by atoms with Crippen LogP contribution in [0.1, 0.15) is 19.8 Å². The third kappa shape index (κ3) is 6.45. The monoisotopic (exact) mass is 235 g/mol. The van der Waals surface area contributed by atoms with Crippen molar-refractivity contribution in [1.82, 2.24) is 3.97 Å². The van der Waals surface area contributed by atoms with Crippen LogP contribution in [0.3, 0.4) is 0 Å². The summed E-state index contributed by atoms with van der Waals surface area (Å²) < 4.78 is 2.43. The van der Waals surface area contributed by atoms with Crippen LogP contribution in [0.15, 0.2) is 0 Å². The number of carboxylic acid groups (broad SMARTS) is 1. The lowest BCUT2D eigenvalue weighted by atomic mass is 10.3. The molecule has 0 amide bonds. The minimum atomic E-state index is -1.21. The van der Waals surface area contributed by atoms with E-state index in [9.17, 15) is 4.79 Å². The average molecular weight is 235 g/mol. The molecule has 0 aliphatic rings. The summed E-state index contributed by atoms with van der Waals surface area (Å²) in [6.07, 6.45) is 1.05. The SMILES string of the molecule is CCN(SCCCC(=O)O)[Si](C)(C)C. The molecule has 0 unspecified atom stereocenters. The van der Waals surface area contributed by atoms with Gasteiger partial charge in [-0.1, -0.05) is 38.5 Å². The van der Waals surface area contributed by atoms with E-state index in [0.717, 1.165) is 18.7 Å². The first-order chi connectivity index (χ1) is 6.38. The molecule has 0 spiro atoms. The van der Waals surface area contributed by atoms with Crippen LogP contribution in [0.25, 0.3) is 0 Å². The van der Waals surface area contributed by atoms with Crippen molar-refractivity contribution in [2.24, 2.45) is 0 Å². The number of aliphatic carboxylic acids is 1. The van der Waals surface area contributed by atoms with E-state index < -0.39 is 14.2 Å². The molecule has 0 bridgehead atoms. The van der Waals surface area contributed by atoms with Crippen molar-refractivity contribution in [3.63, 3.8) is 0 Å². The van der Waals surface area contributed by atoms with Gasteiger partial charge in [-0.05, 0) is 13.0 Å². The van der Waals surface area contributed by atoms with Gasteiger partial charge >= 0.3 is 5.97 Å². The predicted molar refractivity (Wildman–Crippen MR) is 65.1 cm³/mol. The molecular weight excluding hydrogens is 214 g/mol. The van der Waals surface area contributed by atoms with Crippen LogP contribution in [-0.4, -0.2) is 35.6 Å². The summed E-state index contributed by atoms with van der Waals surface area (Å²) >= 11 is 1.80. The first kappa shape index (κ1) is 14.0. The molecule has 5 heteroatoms. The number of rotatable bonds is 7. The van der Waals surface area contributed by atoms with Crippen molar-refractivity contribution >= 4 is 26.2 Å². The molecule has 0 aromatic rings. The van der Waals surface area contributed by atoms with E-state index >= 15 is 0 Å². The predicted octanol–water partition coefficient (Wildman–Crippen LogP) is 2.66. The van der Waals surface area contributed by atoms with Gasteiger partial charge in [0.1, 0.15) is 8.24 Å². The van der Waals surface area contributed by atoms with Gasteiger partial charge in [0.25, 0.3) is 0 Å². The fraction of sp³-hybridized carbons (Fsp3) is 0.889. The second-order valence-electron chi connectivity index (χ2n) is 4.20. The first-order valence-electron chi connectivity index (χ1n) is 5.00. The Morgan fingerprint density at radius 2 is 2.00 bits per heavy atom. The summed E-state index contributed by atoms with van der Waals surface area (Å²) in [5.41, 5.74) is 0. The van der Waals surface area contributed by atoms with Crippen LogP contribution >= 0.6 is 11.9 Å². The van der Waals surface area contributed by atoms with E-state index in [4.69, 9.17) is 5.11 Å². The third-order valence-corrected chi connectivity index (χ3v) is 6.70. The molecule has 0 saturated heterocycles. The van der Waals surface area contributed by atoms with Crippen LogP contribution in [0, 0.1) is 0 Å². The normalized spacial score (nSPS) is 12.1. The largest absolute Gasteiger partial charge is 0.481 e. The Kier molecular flexibility index (Phi) is 6.47. The molecule has 84 valence electrons. The van der Waals surface area contributed by atoms with Gasteiger partial charge in [-0.25, -0.2) is 0 Å². The maximum Gasteiger partial charge on any atom is 0.303 e. The second-order valence-corrected chi connectivity index (χ2v) is 10.5. The number of hydrogen-bond donors (Lipinski definition) is 1. The van der Waals surface area contributed by atoms with Crippen molar-refractivity contribution in [2.45, 2.75) is 39.4 Å². The fourth-order valence-electron chi connectivity index (χ4n) is 1.16. The minimum Gasteiger partial charge on any atom is -0.481 e. The Morgan fingerprint density at radius 1 is 1.43 bits per heavy atom. The number of carboxylic acids is 1. The van der Waals surface area contributed by atoms with Gasteiger partial charge < -0.3 is 5.11 Å². The van der Waals surface area contributed by atoms with E-state index in [1.165, 1.54) is 0 Å². The highest BCUT2D eigenvalue weighted by atomic mass is 32.2. The van der Waals surface area contributed by atoms with Gasteiger partial charge in [0.15, 0.2) is 0 Å². The van der Waals surface area contributed by atoms with E-state index in [2.05, 4.69) is 30.5 Å². The molecule has 1 N–H and O–H groups in total. The zero-order valence-electron chi connectivity index (χ0n) is 9.54. The van der Waals surface area contributed by atoms with Crippen molar-refractivity contribution in [3.8, 4) is 0 Å². The summed E-state index contributed by atoms with van der Waals surface area (Å²) in [5, 5.41) is 8.48. The van der Waals surface area contributed by atoms with Gasteiger partial charge in [-0.3, -0.25) is 8.77 Å². The number of nitrogens with zero attached hydrogens (tertiary/aromatic N) is 1. The first-order valence-corrected chi connectivity index (χ1v) is 9.39. The molecule has 0 atom stereocenters. The Balaban J connectivity index is 3.69. The zero-order chi connectivity index (χ0) is 11.2. The lowest BCUT2D eigenvalue weighted by Crippen LogP contribution is -2.41. The zero-order valence-corrected chi connectivity index (χ0v) is 11.4. The molecular formula is C9H21NO2SSi. The fourth-order valence-corrected chi connectivity index (χ4v) is 4.61. The number of carbonyl (C=O) groups is 1. The molecule has 0 radical (unpaired) electrons. The maximum atomic E-state index is 10.3. The molecule has 0 saturated carbocycles. The molecule has 3 nitrogen and oxygen atoms in total. The smallest absolute Gasteiger partial charge is 0.303 e. The van der Waals surface area contributed by atoms with Gasteiger partial charge in [-0.2, -0.15) is 0 Å². The van der Waals surface area contributed by atoms with E-state index in [0.29, 0.717) is 0 Å². The molecule has 0 heterocycles. The van der Waals surface area contributed by atoms with Crippen LogP contribution in [0.4, 0.5) is 0 Å². The molecule has 0 aromatic heterocycles. The van der Waals surface area contributed by atoms with Gasteiger partial charge in [0.05, 0.1) is 0 Å². The van der Waals surface area contributed by atoms with Crippen LogP contribution in [0.2, 0.25) is 19.6 Å². The molecule has 0 rings (SSSR count). The van der Waals surface area contributed by atoms with E-state index in [1.807, 2.05) is 0 Å². The Bertz CT molecular complexity index is 182. The van der Waals surface area contributed by atoms with E-state index in [1.54, 1.807) is 11.9 Å². The summed E-state index contributed by atoms with van der Waals surface area (Å²) in [6.45, 7) is 10.1. The molecule has 0 aromatic carbocycles. The molecule has 14 heavy (non-hydrogen) atoms. The Labute approximate surface area is 92.1 Å². The molecule has 0 aliphatic heterocycles. The van der Waals surface area contributed by atoms with Crippen molar-refractivity contribution < 1.29 is 9.90 Å². The maximum absolute atomic E-state index is 10.3. The summed E-state index contributed by atoms with van der Waals surface area (Å²) in [4.78, 5) is 10.3. The van der Waals surface area contributed by atoms with Crippen LogP contribution in [0.5, 0.6) is 0 Å². The lowest BCUT2D eigenvalue weighted by Gasteiger charge is -2.31. The lowest BCUT2D eigenvalue weighted by molar-refractivity contribution is -0.137.